The third-order valence-electron chi connectivity index (χ3n) is 5.09. The van der Waals surface area contributed by atoms with Gasteiger partial charge in [0.15, 0.2) is 0 Å². The number of carbonyl (C=O) groups excluding carboxylic acids is 2. The molecule has 1 fully saturated rings. The second-order valence-electron chi connectivity index (χ2n) is 7.02. The summed E-state index contributed by atoms with van der Waals surface area (Å²) < 4.78 is 37.5. The van der Waals surface area contributed by atoms with Crippen molar-refractivity contribution in [2.24, 2.45) is 0 Å². The number of hydrogen-bond acceptors (Lipinski definition) is 8. The van der Waals surface area contributed by atoms with Gasteiger partial charge in [0.1, 0.15) is 5.70 Å². The van der Waals surface area contributed by atoms with Crippen LogP contribution in [0.3, 0.4) is 0 Å². The lowest BCUT2D eigenvalue weighted by molar-refractivity contribution is -0.139. The van der Waals surface area contributed by atoms with Crippen molar-refractivity contribution in [2.45, 2.75) is 4.90 Å². The van der Waals surface area contributed by atoms with Crippen LogP contribution in [0.25, 0.3) is 0 Å². The molecule has 0 aromatic heterocycles. The van der Waals surface area contributed by atoms with Crippen LogP contribution >= 0.6 is 0 Å². The van der Waals surface area contributed by atoms with E-state index in [1.54, 1.807) is 30.5 Å². The van der Waals surface area contributed by atoms with Crippen molar-refractivity contribution in [1.29, 1.82) is 0 Å². The lowest BCUT2D eigenvalue weighted by atomic mass is 10.1. The molecule has 0 radical (unpaired) electrons. The highest BCUT2D eigenvalue weighted by molar-refractivity contribution is 7.89. The van der Waals surface area contributed by atoms with Gasteiger partial charge in [-0.15, -0.1) is 0 Å². The smallest absolute Gasteiger partial charge is 0.355 e. The van der Waals surface area contributed by atoms with Gasteiger partial charge in [-0.1, -0.05) is 12.1 Å². The molecule has 2 aliphatic heterocycles. The minimum Gasteiger partial charge on any atom is -0.465 e. The SMILES string of the molecule is COC(=O)C1=C(C(=O)OC)N(c2cccc(S(=O)(=O)N3CCN(C)CC3)c2)C=CC=C1. The lowest BCUT2D eigenvalue weighted by Crippen LogP contribution is -2.47. The molecule has 166 valence electrons. The summed E-state index contributed by atoms with van der Waals surface area (Å²) in [4.78, 5) is 28.4. The average molecular weight is 448 g/mol. The van der Waals surface area contributed by atoms with Gasteiger partial charge in [-0.05, 0) is 37.4 Å². The van der Waals surface area contributed by atoms with Crippen molar-refractivity contribution >= 4 is 27.6 Å². The number of piperazine rings is 1. The summed E-state index contributed by atoms with van der Waals surface area (Å²) in [5.41, 5.74) is 0.303. The summed E-state index contributed by atoms with van der Waals surface area (Å²) in [6.07, 6.45) is 6.21. The van der Waals surface area contributed by atoms with Crippen LogP contribution in [0.1, 0.15) is 0 Å². The van der Waals surface area contributed by atoms with Gasteiger partial charge in [-0.2, -0.15) is 4.31 Å². The number of sulfonamides is 1. The molecule has 0 amide bonds. The fraction of sp³-hybridized carbons (Fsp3) is 0.333. The second kappa shape index (κ2) is 9.46. The largest absolute Gasteiger partial charge is 0.465 e. The van der Waals surface area contributed by atoms with Crippen LogP contribution in [0.15, 0.2) is 64.9 Å². The van der Waals surface area contributed by atoms with Crippen LogP contribution in [0, 0.1) is 0 Å². The van der Waals surface area contributed by atoms with E-state index in [0.29, 0.717) is 31.9 Å². The van der Waals surface area contributed by atoms with Gasteiger partial charge in [0.2, 0.25) is 10.0 Å². The molecule has 0 unspecified atom stereocenters. The summed E-state index contributed by atoms with van der Waals surface area (Å²) in [6, 6.07) is 6.23. The quantitative estimate of drug-likeness (QED) is 0.620. The fourth-order valence-corrected chi connectivity index (χ4v) is 4.80. The molecule has 10 heteroatoms. The van der Waals surface area contributed by atoms with Crippen molar-refractivity contribution in [2.75, 3.05) is 52.3 Å². The Bertz CT molecular complexity index is 1050. The number of ether oxygens (including phenoxy) is 2. The maximum Gasteiger partial charge on any atom is 0.355 e. The maximum atomic E-state index is 13.2. The van der Waals surface area contributed by atoms with Gasteiger partial charge in [0, 0.05) is 38.1 Å². The molecule has 1 aromatic carbocycles. The maximum absolute atomic E-state index is 13.2. The number of anilines is 1. The zero-order valence-electron chi connectivity index (χ0n) is 17.6. The molecule has 0 bridgehead atoms. The van der Waals surface area contributed by atoms with Crippen molar-refractivity contribution in [3.63, 3.8) is 0 Å². The van der Waals surface area contributed by atoms with E-state index in [-0.39, 0.29) is 16.2 Å². The highest BCUT2D eigenvalue weighted by atomic mass is 32.2. The molecule has 1 aromatic rings. The Kier molecular flexibility index (Phi) is 6.94. The topological polar surface area (TPSA) is 96.5 Å². The number of esters is 2. The van der Waals surface area contributed by atoms with Crippen LogP contribution in [0.4, 0.5) is 5.69 Å². The van der Waals surface area contributed by atoms with Crippen LogP contribution in [0.2, 0.25) is 0 Å². The number of rotatable bonds is 5. The summed E-state index contributed by atoms with van der Waals surface area (Å²) >= 11 is 0. The van der Waals surface area contributed by atoms with E-state index in [0.717, 1.165) is 0 Å². The average Bonchev–Trinajstić information content (AvgIpc) is 3.01. The van der Waals surface area contributed by atoms with E-state index in [1.165, 1.54) is 41.6 Å². The second-order valence-corrected chi connectivity index (χ2v) is 8.96. The Hall–Kier alpha value is -2.95. The molecule has 0 aliphatic carbocycles. The molecule has 0 spiro atoms. The zero-order valence-corrected chi connectivity index (χ0v) is 18.5. The molecule has 2 heterocycles. The molecule has 2 aliphatic rings. The fourth-order valence-electron chi connectivity index (χ4n) is 3.34. The lowest BCUT2D eigenvalue weighted by Gasteiger charge is -2.31. The van der Waals surface area contributed by atoms with E-state index in [4.69, 9.17) is 9.47 Å². The van der Waals surface area contributed by atoms with Gasteiger partial charge in [-0.3, -0.25) is 0 Å². The summed E-state index contributed by atoms with van der Waals surface area (Å²) in [7, 11) is 0.647. The number of benzene rings is 1. The summed E-state index contributed by atoms with van der Waals surface area (Å²) in [6.45, 7) is 2.10. The molecule has 31 heavy (non-hydrogen) atoms. The number of allylic oxidation sites excluding steroid dienone is 2. The first kappa shape index (κ1) is 22.7. The molecule has 9 nitrogen and oxygen atoms in total. The van der Waals surface area contributed by atoms with E-state index in [2.05, 4.69) is 4.90 Å². The number of likely N-dealkylation sites (N-methyl/N-ethyl adjacent to an activating group) is 1. The molecule has 1 saturated heterocycles. The monoisotopic (exact) mass is 447 g/mol. The number of carbonyl (C=O) groups is 2. The molecule has 0 saturated carbocycles. The molecule has 0 atom stereocenters. The van der Waals surface area contributed by atoms with Gasteiger partial charge < -0.3 is 19.3 Å². The van der Waals surface area contributed by atoms with Crippen LogP contribution < -0.4 is 4.90 Å². The Labute approximate surface area is 181 Å². The number of methoxy groups -OCH3 is 2. The third kappa shape index (κ3) is 4.71. The van der Waals surface area contributed by atoms with Crippen molar-refractivity contribution < 1.29 is 27.5 Å². The molecule has 3 rings (SSSR count). The van der Waals surface area contributed by atoms with E-state index in [9.17, 15) is 18.0 Å². The first-order valence-corrected chi connectivity index (χ1v) is 11.1. The minimum atomic E-state index is -3.72. The standard InChI is InChI=1S/C21H25N3O6S/c1-22-11-13-23(14-12-22)31(27,28)17-8-6-7-16(15-17)24-10-5-4-9-18(20(25)29-2)19(24)21(26)30-3/h4-10,15H,11-14H2,1-3H3. The van der Waals surface area contributed by atoms with Gasteiger partial charge in [-0.25, -0.2) is 18.0 Å². The molecule has 0 N–H and O–H groups in total. The minimum absolute atomic E-state index is 0.00771. The first-order valence-electron chi connectivity index (χ1n) is 9.63. The predicted octanol–water partition coefficient (Wildman–Crippen LogP) is 1.11. The van der Waals surface area contributed by atoms with E-state index in [1.807, 2.05) is 7.05 Å². The van der Waals surface area contributed by atoms with Gasteiger partial charge in [0.25, 0.3) is 0 Å². The van der Waals surface area contributed by atoms with Gasteiger partial charge in [0.05, 0.1) is 24.7 Å². The Morgan fingerprint density at radius 2 is 1.65 bits per heavy atom. The first-order chi connectivity index (χ1) is 14.8. The predicted molar refractivity (Wildman–Crippen MR) is 115 cm³/mol. The van der Waals surface area contributed by atoms with Crippen molar-refractivity contribution in [3.8, 4) is 0 Å². The van der Waals surface area contributed by atoms with Crippen molar-refractivity contribution in [1.82, 2.24) is 9.21 Å². The summed E-state index contributed by atoms with van der Waals surface area (Å²) in [5.74, 6) is -1.48. The van der Waals surface area contributed by atoms with Crippen molar-refractivity contribution in [3.05, 3.63) is 60.0 Å². The third-order valence-corrected chi connectivity index (χ3v) is 6.98. The summed E-state index contributed by atoms with van der Waals surface area (Å²) in [5, 5.41) is 0. The Morgan fingerprint density at radius 3 is 2.29 bits per heavy atom. The number of nitrogens with zero attached hydrogens (tertiary/aromatic N) is 3. The van der Waals surface area contributed by atoms with Gasteiger partial charge >= 0.3 is 11.9 Å². The normalized spacial score (nSPS) is 18.1. The van der Waals surface area contributed by atoms with Crippen LogP contribution in [-0.2, 0) is 29.1 Å². The highest BCUT2D eigenvalue weighted by Crippen LogP contribution is 2.29. The van der Waals surface area contributed by atoms with Crippen LogP contribution in [-0.4, -0.2) is 77.0 Å². The van der Waals surface area contributed by atoms with E-state index < -0.39 is 22.0 Å². The molecular weight excluding hydrogens is 422 g/mol. The zero-order chi connectivity index (χ0) is 22.6. The Morgan fingerprint density at radius 1 is 0.968 bits per heavy atom. The van der Waals surface area contributed by atoms with Crippen LogP contribution in [0.5, 0.6) is 0 Å². The Balaban J connectivity index is 2.05. The highest BCUT2D eigenvalue weighted by Gasteiger charge is 2.30. The molecular formula is C21H25N3O6S. The number of hydrogen-bond donors (Lipinski definition) is 0. The van der Waals surface area contributed by atoms with E-state index >= 15 is 0 Å².